The predicted molar refractivity (Wildman–Crippen MR) is 97.7 cm³/mol. The van der Waals surface area contributed by atoms with Gasteiger partial charge in [0, 0.05) is 11.6 Å². The van der Waals surface area contributed by atoms with Crippen molar-refractivity contribution in [3.8, 4) is 17.3 Å². The first kappa shape index (κ1) is 18.6. The molecule has 0 aliphatic heterocycles. The molecule has 5 nitrogen and oxygen atoms in total. The van der Waals surface area contributed by atoms with Crippen LogP contribution in [0.5, 0.6) is 0 Å². The minimum atomic E-state index is -0.637. The summed E-state index contributed by atoms with van der Waals surface area (Å²) < 4.78 is 0. The molecule has 1 N–H and O–H groups in total. The van der Waals surface area contributed by atoms with Crippen LogP contribution in [-0.4, -0.2) is 21.9 Å². The fourth-order valence-electron chi connectivity index (χ4n) is 2.30. The van der Waals surface area contributed by atoms with Crippen LogP contribution in [0.15, 0.2) is 36.7 Å². The third-order valence-electron chi connectivity index (χ3n) is 4.58. The highest BCUT2D eigenvalue weighted by Gasteiger charge is 2.31. The lowest BCUT2D eigenvalue weighted by atomic mass is 9.82. The zero-order chi connectivity index (χ0) is 18.6. The molecule has 0 aliphatic rings. The molecule has 0 fully saturated rings. The van der Waals surface area contributed by atoms with Crippen LogP contribution in [0.1, 0.15) is 45.9 Å². The topological polar surface area (TPSA) is 78.7 Å². The minimum Gasteiger partial charge on any atom is -0.353 e. The van der Waals surface area contributed by atoms with Gasteiger partial charge in [0.2, 0.25) is 5.91 Å². The van der Waals surface area contributed by atoms with Gasteiger partial charge < -0.3 is 5.32 Å². The van der Waals surface area contributed by atoms with Crippen molar-refractivity contribution in [3.05, 3.63) is 47.9 Å². The summed E-state index contributed by atoms with van der Waals surface area (Å²) in [5.74, 6) is 0.390. The number of hydrogen-bond donors (Lipinski definition) is 1. The normalized spacial score (nSPS) is 12.5. The summed E-state index contributed by atoms with van der Waals surface area (Å²) >= 11 is 0. The second-order valence-corrected chi connectivity index (χ2v) is 7.11. The highest BCUT2D eigenvalue weighted by atomic mass is 16.2. The van der Waals surface area contributed by atoms with E-state index in [4.69, 9.17) is 5.26 Å². The molecule has 1 amide bonds. The number of amides is 1. The zero-order valence-corrected chi connectivity index (χ0v) is 15.4. The van der Waals surface area contributed by atoms with E-state index < -0.39 is 5.41 Å². The van der Waals surface area contributed by atoms with E-state index in [1.807, 2.05) is 51.1 Å². The summed E-state index contributed by atoms with van der Waals surface area (Å²) in [6, 6.07) is 9.77. The summed E-state index contributed by atoms with van der Waals surface area (Å²) in [5, 5.41) is 12.0. The Bertz CT molecular complexity index is 788. The third-order valence-corrected chi connectivity index (χ3v) is 4.58. The van der Waals surface area contributed by atoms with Crippen molar-refractivity contribution in [2.24, 2.45) is 5.92 Å². The first-order valence-electron chi connectivity index (χ1n) is 8.39. The van der Waals surface area contributed by atoms with Gasteiger partial charge in [0.1, 0.15) is 6.07 Å². The Morgan fingerprint density at radius 3 is 2.36 bits per heavy atom. The molecule has 0 unspecified atom stereocenters. The van der Waals surface area contributed by atoms with Gasteiger partial charge in [-0.2, -0.15) is 5.26 Å². The first-order valence-corrected chi connectivity index (χ1v) is 8.39. The van der Waals surface area contributed by atoms with Gasteiger partial charge >= 0.3 is 0 Å². The fraction of sp³-hybridized carbons (Fsp3) is 0.400. The molecule has 1 atom stereocenters. The van der Waals surface area contributed by atoms with E-state index in [0.717, 1.165) is 11.1 Å². The van der Waals surface area contributed by atoms with Crippen molar-refractivity contribution in [2.75, 3.05) is 0 Å². The molecular formula is C20H24N4O. The van der Waals surface area contributed by atoms with Gasteiger partial charge in [0.05, 0.1) is 23.5 Å². The van der Waals surface area contributed by atoms with Crippen molar-refractivity contribution in [1.29, 1.82) is 5.26 Å². The third kappa shape index (κ3) is 4.21. The standard InChI is InChI=1S/C20H24N4O/c1-13(2)14(3)23-19(25)20(4,5)16-8-6-15(7-9-16)18-12-22-11-17(10-21)24-18/h6-9,11-14H,1-5H3,(H,23,25)/t14-/m1/s1. The van der Waals surface area contributed by atoms with E-state index in [1.54, 1.807) is 6.20 Å². The van der Waals surface area contributed by atoms with Gasteiger partial charge in [-0.3, -0.25) is 9.78 Å². The maximum Gasteiger partial charge on any atom is 0.230 e. The molecule has 130 valence electrons. The van der Waals surface area contributed by atoms with Crippen molar-refractivity contribution in [3.63, 3.8) is 0 Å². The SMILES string of the molecule is CC(C)[C@@H](C)NC(=O)C(C)(C)c1ccc(-c2cncc(C#N)n2)cc1. The number of nitrogens with one attached hydrogen (secondary N) is 1. The van der Waals surface area contributed by atoms with Crippen LogP contribution in [-0.2, 0) is 10.2 Å². The molecule has 0 bridgehead atoms. The number of carbonyl (C=O) groups excluding carboxylic acids is 1. The molecule has 0 saturated heterocycles. The largest absolute Gasteiger partial charge is 0.353 e. The molecule has 0 aliphatic carbocycles. The molecule has 2 rings (SSSR count). The molecule has 0 saturated carbocycles. The lowest BCUT2D eigenvalue weighted by Crippen LogP contribution is -2.45. The smallest absolute Gasteiger partial charge is 0.230 e. The van der Waals surface area contributed by atoms with E-state index in [-0.39, 0.29) is 17.6 Å². The average Bonchev–Trinajstić information content (AvgIpc) is 2.61. The minimum absolute atomic E-state index is 0.00715. The summed E-state index contributed by atoms with van der Waals surface area (Å²) in [7, 11) is 0. The Kier molecular flexibility index (Phi) is 5.53. The van der Waals surface area contributed by atoms with Crippen molar-refractivity contribution in [2.45, 2.75) is 46.1 Å². The van der Waals surface area contributed by atoms with Gasteiger partial charge in [-0.1, -0.05) is 38.1 Å². The first-order chi connectivity index (χ1) is 11.8. The van der Waals surface area contributed by atoms with Gasteiger partial charge in [0.25, 0.3) is 0 Å². The summed E-state index contributed by atoms with van der Waals surface area (Å²) in [5.41, 5.74) is 2.07. The van der Waals surface area contributed by atoms with Gasteiger partial charge in [-0.25, -0.2) is 4.98 Å². The predicted octanol–water partition coefficient (Wildman–Crippen LogP) is 3.45. The van der Waals surface area contributed by atoms with Gasteiger partial charge in [0.15, 0.2) is 5.69 Å². The van der Waals surface area contributed by atoms with Gasteiger partial charge in [-0.05, 0) is 32.3 Å². The molecule has 0 spiro atoms. The molecular weight excluding hydrogens is 312 g/mol. The maximum atomic E-state index is 12.6. The highest BCUT2D eigenvalue weighted by molar-refractivity contribution is 5.87. The molecule has 5 heteroatoms. The fourth-order valence-corrected chi connectivity index (χ4v) is 2.30. The van der Waals surface area contributed by atoms with Crippen LogP contribution < -0.4 is 5.32 Å². The molecule has 1 aromatic carbocycles. The molecule has 1 heterocycles. The quantitative estimate of drug-likeness (QED) is 0.907. The summed E-state index contributed by atoms with van der Waals surface area (Å²) in [4.78, 5) is 20.9. The monoisotopic (exact) mass is 336 g/mol. The molecule has 2 aromatic rings. The lowest BCUT2D eigenvalue weighted by Gasteiger charge is -2.28. The number of nitriles is 1. The van der Waals surface area contributed by atoms with Crippen molar-refractivity contribution < 1.29 is 4.79 Å². The van der Waals surface area contributed by atoms with Gasteiger partial charge in [-0.15, -0.1) is 0 Å². The Labute approximate surface area is 149 Å². The van der Waals surface area contributed by atoms with E-state index in [9.17, 15) is 4.79 Å². The van der Waals surface area contributed by atoms with Crippen LogP contribution >= 0.6 is 0 Å². The molecule has 1 aromatic heterocycles. The van der Waals surface area contributed by atoms with E-state index in [1.165, 1.54) is 6.20 Å². The Morgan fingerprint density at radius 2 is 1.80 bits per heavy atom. The second kappa shape index (κ2) is 7.43. The van der Waals surface area contributed by atoms with E-state index >= 15 is 0 Å². The maximum absolute atomic E-state index is 12.6. The number of carbonyl (C=O) groups is 1. The molecule has 25 heavy (non-hydrogen) atoms. The number of benzene rings is 1. The lowest BCUT2D eigenvalue weighted by molar-refractivity contribution is -0.126. The van der Waals surface area contributed by atoms with Crippen LogP contribution in [0, 0.1) is 17.2 Å². The number of aromatic nitrogens is 2. The van der Waals surface area contributed by atoms with Crippen molar-refractivity contribution in [1.82, 2.24) is 15.3 Å². The van der Waals surface area contributed by atoms with Crippen molar-refractivity contribution >= 4 is 5.91 Å². The van der Waals surface area contributed by atoms with E-state index in [0.29, 0.717) is 11.6 Å². The molecule has 0 radical (unpaired) electrons. The number of rotatable bonds is 5. The number of hydrogen-bond acceptors (Lipinski definition) is 4. The zero-order valence-electron chi connectivity index (χ0n) is 15.4. The number of nitrogens with zero attached hydrogens (tertiary/aromatic N) is 3. The van der Waals surface area contributed by atoms with Crippen LogP contribution in [0.4, 0.5) is 0 Å². The Hall–Kier alpha value is -2.74. The highest BCUT2D eigenvalue weighted by Crippen LogP contribution is 2.26. The van der Waals surface area contributed by atoms with Crippen LogP contribution in [0.25, 0.3) is 11.3 Å². The summed E-state index contributed by atoms with van der Waals surface area (Å²) in [6.45, 7) is 10.0. The second-order valence-electron chi connectivity index (χ2n) is 7.11. The van der Waals surface area contributed by atoms with Crippen LogP contribution in [0.2, 0.25) is 0 Å². The average molecular weight is 336 g/mol. The Balaban J connectivity index is 2.23. The Morgan fingerprint density at radius 1 is 1.16 bits per heavy atom. The van der Waals surface area contributed by atoms with Crippen LogP contribution in [0.3, 0.4) is 0 Å². The summed E-state index contributed by atoms with van der Waals surface area (Å²) in [6.07, 6.45) is 3.05. The van der Waals surface area contributed by atoms with E-state index in [2.05, 4.69) is 29.1 Å².